The fourth-order valence-electron chi connectivity index (χ4n) is 1.84. The minimum atomic E-state index is -0.808. The summed E-state index contributed by atoms with van der Waals surface area (Å²) in [7, 11) is 0. The van der Waals surface area contributed by atoms with Crippen molar-refractivity contribution in [2.24, 2.45) is 5.10 Å². The predicted molar refractivity (Wildman–Crippen MR) is 81.2 cm³/mol. The molecule has 2 N–H and O–H groups in total. The third-order valence-electron chi connectivity index (χ3n) is 2.77. The van der Waals surface area contributed by atoms with Gasteiger partial charge in [0.05, 0.1) is 19.6 Å². The summed E-state index contributed by atoms with van der Waals surface area (Å²) in [6, 6.07) is 0. The molecule has 1 rings (SSSR count). The van der Waals surface area contributed by atoms with Crippen LogP contribution >= 0.6 is 0 Å². The average molecular weight is 312 g/mol. The van der Waals surface area contributed by atoms with Gasteiger partial charge in [0.25, 0.3) is 0 Å². The van der Waals surface area contributed by atoms with Gasteiger partial charge in [0.15, 0.2) is 0 Å². The summed E-state index contributed by atoms with van der Waals surface area (Å²) in [4.78, 5) is 36.7. The molecule has 8 heteroatoms. The summed E-state index contributed by atoms with van der Waals surface area (Å²) >= 11 is 0. The van der Waals surface area contributed by atoms with Crippen molar-refractivity contribution in [3.8, 4) is 0 Å². The number of hydrazone groups is 1. The number of nitrogens with zero attached hydrogens (tertiary/aromatic N) is 2. The number of hydrogen-bond donors (Lipinski definition) is 2. The van der Waals surface area contributed by atoms with Gasteiger partial charge in [-0.25, -0.2) is 5.43 Å². The van der Waals surface area contributed by atoms with Gasteiger partial charge < -0.3 is 15.0 Å². The van der Waals surface area contributed by atoms with Crippen LogP contribution in [0.5, 0.6) is 0 Å². The molecule has 1 saturated heterocycles. The lowest BCUT2D eigenvalue weighted by Gasteiger charge is -2.25. The first-order valence-corrected chi connectivity index (χ1v) is 7.20. The van der Waals surface area contributed by atoms with Crippen LogP contribution in [0.3, 0.4) is 0 Å². The van der Waals surface area contributed by atoms with Gasteiger partial charge in [0.2, 0.25) is 5.91 Å². The second kappa shape index (κ2) is 7.88. The third-order valence-corrected chi connectivity index (χ3v) is 2.77. The number of carbonyl (C=O) groups excluding carboxylic acids is 3. The molecule has 0 saturated carbocycles. The van der Waals surface area contributed by atoms with Gasteiger partial charge in [-0.15, -0.1) is 0 Å². The summed E-state index contributed by atoms with van der Waals surface area (Å²) in [6.45, 7) is 8.87. The lowest BCUT2D eigenvalue weighted by atomic mass is 10.1. The Morgan fingerprint density at radius 2 is 1.77 bits per heavy atom. The van der Waals surface area contributed by atoms with Gasteiger partial charge in [0, 0.05) is 24.3 Å². The number of morpholine rings is 1. The van der Waals surface area contributed by atoms with E-state index < -0.39 is 11.8 Å². The van der Waals surface area contributed by atoms with Crippen molar-refractivity contribution >= 4 is 23.4 Å². The first-order chi connectivity index (χ1) is 10.2. The van der Waals surface area contributed by atoms with E-state index in [0.717, 1.165) is 0 Å². The van der Waals surface area contributed by atoms with Gasteiger partial charge in [-0.05, 0) is 27.7 Å². The van der Waals surface area contributed by atoms with Crippen LogP contribution in [0, 0.1) is 0 Å². The Bertz CT molecular complexity index is 462. The SMILES string of the molecule is C/C(CC(=O)NC(C)(C)C)=N/NC(=O)C(=O)N1CCOCC1. The Morgan fingerprint density at radius 3 is 2.32 bits per heavy atom. The summed E-state index contributed by atoms with van der Waals surface area (Å²) < 4.78 is 5.11. The molecule has 0 spiro atoms. The fraction of sp³-hybridized carbons (Fsp3) is 0.714. The molecular weight excluding hydrogens is 288 g/mol. The van der Waals surface area contributed by atoms with E-state index in [0.29, 0.717) is 32.0 Å². The fourth-order valence-corrected chi connectivity index (χ4v) is 1.84. The Hall–Kier alpha value is -1.96. The van der Waals surface area contributed by atoms with Crippen molar-refractivity contribution in [2.45, 2.75) is 39.7 Å². The molecule has 0 aromatic carbocycles. The monoisotopic (exact) mass is 312 g/mol. The number of carbonyl (C=O) groups is 3. The second-order valence-electron chi connectivity index (χ2n) is 6.17. The van der Waals surface area contributed by atoms with Crippen molar-refractivity contribution in [1.82, 2.24) is 15.6 Å². The molecule has 0 aliphatic carbocycles. The summed E-state index contributed by atoms with van der Waals surface area (Å²) in [5.41, 5.74) is 2.28. The highest BCUT2D eigenvalue weighted by Crippen LogP contribution is 2.00. The Morgan fingerprint density at radius 1 is 1.18 bits per heavy atom. The van der Waals surface area contributed by atoms with E-state index >= 15 is 0 Å². The lowest BCUT2D eigenvalue weighted by molar-refractivity contribution is -0.148. The normalized spacial score (nSPS) is 16.2. The lowest BCUT2D eigenvalue weighted by Crippen LogP contribution is -2.47. The first-order valence-electron chi connectivity index (χ1n) is 7.20. The van der Waals surface area contributed by atoms with E-state index in [2.05, 4.69) is 15.8 Å². The maximum atomic E-state index is 11.8. The molecule has 0 radical (unpaired) electrons. The minimum absolute atomic E-state index is 0.0588. The number of nitrogens with one attached hydrogen (secondary N) is 2. The van der Waals surface area contributed by atoms with Crippen molar-refractivity contribution in [3.63, 3.8) is 0 Å². The molecule has 0 unspecified atom stereocenters. The molecule has 0 atom stereocenters. The summed E-state index contributed by atoms with van der Waals surface area (Å²) in [5, 5.41) is 6.58. The van der Waals surface area contributed by atoms with Crippen LogP contribution in [0.15, 0.2) is 5.10 Å². The highest BCUT2D eigenvalue weighted by atomic mass is 16.5. The van der Waals surface area contributed by atoms with E-state index in [4.69, 9.17) is 4.74 Å². The molecule has 124 valence electrons. The molecule has 0 aromatic rings. The zero-order valence-corrected chi connectivity index (χ0v) is 13.6. The average Bonchev–Trinajstić information content (AvgIpc) is 2.42. The molecule has 1 heterocycles. The highest BCUT2D eigenvalue weighted by Gasteiger charge is 2.23. The van der Waals surface area contributed by atoms with E-state index in [9.17, 15) is 14.4 Å². The Labute approximate surface area is 130 Å². The van der Waals surface area contributed by atoms with Crippen LogP contribution in [0.1, 0.15) is 34.1 Å². The van der Waals surface area contributed by atoms with Crippen LogP contribution in [0.2, 0.25) is 0 Å². The maximum absolute atomic E-state index is 11.8. The quantitative estimate of drug-likeness (QED) is 0.422. The van der Waals surface area contributed by atoms with Gasteiger partial charge in [0.1, 0.15) is 0 Å². The van der Waals surface area contributed by atoms with Crippen molar-refractivity contribution in [3.05, 3.63) is 0 Å². The smallest absolute Gasteiger partial charge is 0.329 e. The molecule has 1 aliphatic rings. The molecule has 1 aliphatic heterocycles. The largest absolute Gasteiger partial charge is 0.378 e. The van der Waals surface area contributed by atoms with Crippen LogP contribution in [0.4, 0.5) is 0 Å². The zero-order chi connectivity index (χ0) is 16.8. The van der Waals surface area contributed by atoms with Gasteiger partial charge in [-0.3, -0.25) is 14.4 Å². The highest BCUT2D eigenvalue weighted by molar-refractivity contribution is 6.35. The van der Waals surface area contributed by atoms with E-state index in [1.54, 1.807) is 6.92 Å². The molecule has 3 amide bonds. The Balaban J connectivity index is 2.43. The van der Waals surface area contributed by atoms with Gasteiger partial charge >= 0.3 is 11.8 Å². The topological polar surface area (TPSA) is 100 Å². The molecule has 0 aromatic heterocycles. The first kappa shape index (κ1) is 18.1. The summed E-state index contributed by atoms with van der Waals surface area (Å²) in [5.74, 6) is -1.64. The van der Waals surface area contributed by atoms with E-state index in [-0.39, 0.29) is 17.9 Å². The molecule has 22 heavy (non-hydrogen) atoms. The summed E-state index contributed by atoms with van der Waals surface area (Å²) in [6.07, 6.45) is 0.0588. The number of ether oxygens (including phenoxy) is 1. The van der Waals surface area contributed by atoms with Crippen LogP contribution in [0.25, 0.3) is 0 Å². The number of amides is 3. The van der Waals surface area contributed by atoms with Crippen LogP contribution in [-0.4, -0.2) is 60.2 Å². The minimum Gasteiger partial charge on any atom is -0.378 e. The maximum Gasteiger partial charge on any atom is 0.329 e. The van der Waals surface area contributed by atoms with E-state index in [1.165, 1.54) is 4.90 Å². The van der Waals surface area contributed by atoms with Crippen LogP contribution in [-0.2, 0) is 19.1 Å². The second-order valence-corrected chi connectivity index (χ2v) is 6.17. The van der Waals surface area contributed by atoms with Crippen molar-refractivity contribution < 1.29 is 19.1 Å². The molecule has 1 fully saturated rings. The molecule has 0 bridgehead atoms. The van der Waals surface area contributed by atoms with Crippen LogP contribution < -0.4 is 10.7 Å². The van der Waals surface area contributed by atoms with Gasteiger partial charge in [-0.2, -0.15) is 5.10 Å². The molecular formula is C14H24N4O4. The number of hydrogen-bond acceptors (Lipinski definition) is 5. The zero-order valence-electron chi connectivity index (χ0n) is 13.6. The predicted octanol–water partition coefficient (Wildman–Crippen LogP) is -0.358. The number of rotatable bonds is 3. The van der Waals surface area contributed by atoms with Crippen molar-refractivity contribution in [2.75, 3.05) is 26.3 Å². The third kappa shape index (κ3) is 6.66. The van der Waals surface area contributed by atoms with E-state index in [1.807, 2.05) is 20.8 Å². The Kier molecular flexibility index (Phi) is 6.48. The van der Waals surface area contributed by atoms with Gasteiger partial charge in [-0.1, -0.05) is 0 Å². The van der Waals surface area contributed by atoms with Crippen molar-refractivity contribution in [1.29, 1.82) is 0 Å². The standard InChI is InChI=1S/C14H24N4O4/c1-10(9-11(19)15-14(2,3)4)16-17-12(20)13(21)18-5-7-22-8-6-18/h5-9H2,1-4H3,(H,15,19)(H,17,20)/b16-10-. The molecule has 8 nitrogen and oxygen atoms in total.